The van der Waals surface area contributed by atoms with Crippen LogP contribution in [0.1, 0.15) is 6.42 Å². The molecule has 1 aliphatic heterocycles. The Morgan fingerprint density at radius 3 is 2.96 bits per heavy atom. The molecule has 8 heteroatoms. The van der Waals surface area contributed by atoms with Gasteiger partial charge in [-0.15, -0.1) is 0 Å². The number of guanidine groups is 1. The number of halogens is 1. The molecular weight excluding hydrogens is 362 g/mol. The van der Waals surface area contributed by atoms with E-state index in [9.17, 15) is 0 Å². The van der Waals surface area contributed by atoms with Gasteiger partial charge in [-0.3, -0.25) is 9.67 Å². The number of anilines is 1. The molecule has 3 rings (SSSR count). The van der Waals surface area contributed by atoms with E-state index in [4.69, 9.17) is 15.2 Å². The van der Waals surface area contributed by atoms with Crippen LogP contribution in [0.3, 0.4) is 0 Å². The van der Waals surface area contributed by atoms with E-state index in [2.05, 4.69) is 31.3 Å². The molecule has 0 unspecified atom stereocenters. The normalized spacial score (nSPS) is 14.4. The third kappa shape index (κ3) is 4.38. The Bertz CT molecular complexity index is 701. The molecule has 0 spiro atoms. The van der Waals surface area contributed by atoms with Gasteiger partial charge in [0.1, 0.15) is 0 Å². The molecule has 2 aromatic rings. The van der Waals surface area contributed by atoms with Gasteiger partial charge in [0.15, 0.2) is 17.5 Å². The second-order valence-corrected chi connectivity index (χ2v) is 5.94. The summed E-state index contributed by atoms with van der Waals surface area (Å²) in [6.45, 7) is 2.53. The SMILES string of the molecule is NC(=NCCn1cc(Br)cn1)Nc1ccc2c(c1)OCCCO2. The number of ether oxygens (including phenoxy) is 2. The van der Waals surface area contributed by atoms with Crippen LogP contribution in [-0.2, 0) is 6.54 Å². The van der Waals surface area contributed by atoms with Crippen LogP contribution in [-0.4, -0.2) is 35.5 Å². The van der Waals surface area contributed by atoms with Crippen molar-refractivity contribution in [3.63, 3.8) is 0 Å². The molecule has 0 saturated carbocycles. The van der Waals surface area contributed by atoms with Crippen molar-refractivity contribution in [3.8, 4) is 11.5 Å². The fourth-order valence-electron chi connectivity index (χ4n) is 2.16. The number of nitrogens with two attached hydrogens (primary N) is 1. The highest BCUT2D eigenvalue weighted by Gasteiger charge is 2.10. The molecule has 2 heterocycles. The van der Waals surface area contributed by atoms with Gasteiger partial charge in [0.05, 0.1) is 37.0 Å². The van der Waals surface area contributed by atoms with E-state index in [1.54, 1.807) is 10.9 Å². The van der Waals surface area contributed by atoms with Gasteiger partial charge < -0.3 is 20.5 Å². The lowest BCUT2D eigenvalue weighted by molar-refractivity contribution is 0.297. The third-order valence-corrected chi connectivity index (χ3v) is 3.64. The van der Waals surface area contributed by atoms with E-state index in [0.717, 1.165) is 28.1 Å². The van der Waals surface area contributed by atoms with Gasteiger partial charge in [-0.05, 0) is 28.1 Å². The zero-order chi connectivity index (χ0) is 16.1. The molecule has 0 radical (unpaired) electrons. The van der Waals surface area contributed by atoms with E-state index < -0.39 is 0 Å². The maximum Gasteiger partial charge on any atom is 0.193 e. The van der Waals surface area contributed by atoms with Gasteiger partial charge in [0, 0.05) is 24.4 Å². The molecule has 3 N–H and O–H groups in total. The number of nitrogens with one attached hydrogen (secondary N) is 1. The van der Waals surface area contributed by atoms with E-state index >= 15 is 0 Å². The molecule has 0 atom stereocenters. The maximum atomic E-state index is 5.91. The summed E-state index contributed by atoms with van der Waals surface area (Å²) in [6, 6.07) is 5.63. The minimum atomic E-state index is 0.353. The summed E-state index contributed by atoms with van der Waals surface area (Å²) in [7, 11) is 0. The molecule has 0 saturated heterocycles. The van der Waals surface area contributed by atoms with Crippen molar-refractivity contribution in [2.75, 3.05) is 25.1 Å². The second kappa shape index (κ2) is 7.36. The quantitative estimate of drug-likeness (QED) is 0.628. The summed E-state index contributed by atoms with van der Waals surface area (Å²) >= 11 is 3.35. The molecular formula is C15H18BrN5O2. The van der Waals surface area contributed by atoms with Crippen molar-refractivity contribution in [2.24, 2.45) is 10.7 Å². The Labute approximate surface area is 142 Å². The summed E-state index contributed by atoms with van der Waals surface area (Å²) in [6.07, 6.45) is 4.51. The molecule has 0 amide bonds. The number of aromatic nitrogens is 2. The Kier molecular flexibility index (Phi) is 5.02. The van der Waals surface area contributed by atoms with Crippen molar-refractivity contribution >= 4 is 27.6 Å². The molecule has 122 valence electrons. The van der Waals surface area contributed by atoms with Crippen LogP contribution in [0.4, 0.5) is 5.69 Å². The van der Waals surface area contributed by atoms with Gasteiger partial charge in [-0.25, -0.2) is 0 Å². The van der Waals surface area contributed by atoms with E-state index in [1.165, 1.54) is 0 Å². The monoisotopic (exact) mass is 379 g/mol. The first kappa shape index (κ1) is 15.7. The summed E-state index contributed by atoms with van der Waals surface area (Å²) in [4.78, 5) is 4.29. The summed E-state index contributed by atoms with van der Waals surface area (Å²) < 4.78 is 14.0. The molecule has 7 nitrogen and oxygen atoms in total. The molecule has 23 heavy (non-hydrogen) atoms. The van der Waals surface area contributed by atoms with Crippen LogP contribution in [0.25, 0.3) is 0 Å². The number of hydrogen-bond acceptors (Lipinski definition) is 4. The van der Waals surface area contributed by atoms with Crippen LogP contribution >= 0.6 is 15.9 Å². The highest BCUT2D eigenvalue weighted by molar-refractivity contribution is 9.10. The van der Waals surface area contributed by atoms with Crippen LogP contribution < -0.4 is 20.5 Å². The summed E-state index contributed by atoms with van der Waals surface area (Å²) in [5.41, 5.74) is 6.73. The minimum absolute atomic E-state index is 0.353. The van der Waals surface area contributed by atoms with E-state index in [1.807, 2.05) is 24.4 Å². The van der Waals surface area contributed by atoms with Crippen molar-refractivity contribution < 1.29 is 9.47 Å². The number of rotatable bonds is 4. The molecule has 1 aromatic carbocycles. The fraction of sp³-hybridized carbons (Fsp3) is 0.333. The zero-order valence-electron chi connectivity index (χ0n) is 12.5. The lowest BCUT2D eigenvalue weighted by atomic mass is 10.3. The average molecular weight is 380 g/mol. The predicted molar refractivity (Wildman–Crippen MR) is 92.1 cm³/mol. The Balaban J connectivity index is 1.57. The first-order valence-electron chi connectivity index (χ1n) is 7.35. The van der Waals surface area contributed by atoms with E-state index in [-0.39, 0.29) is 0 Å². The molecule has 0 fully saturated rings. The van der Waals surface area contributed by atoms with Crippen LogP contribution in [0.5, 0.6) is 11.5 Å². The third-order valence-electron chi connectivity index (χ3n) is 3.23. The molecule has 0 aliphatic carbocycles. The standard InChI is InChI=1S/C15H18BrN5O2/c16-11-9-19-21(10-11)5-4-18-15(17)20-12-2-3-13-14(8-12)23-7-1-6-22-13/h2-3,8-10H,1,4-7H2,(H3,17,18,20). The largest absolute Gasteiger partial charge is 0.490 e. The number of hydrogen-bond donors (Lipinski definition) is 2. The molecule has 0 bridgehead atoms. The predicted octanol–water partition coefficient (Wildman–Crippen LogP) is 2.23. The van der Waals surface area contributed by atoms with Crippen LogP contribution in [0.15, 0.2) is 40.1 Å². The van der Waals surface area contributed by atoms with Crippen molar-refractivity contribution in [2.45, 2.75) is 13.0 Å². The van der Waals surface area contributed by atoms with Gasteiger partial charge in [-0.2, -0.15) is 5.10 Å². The van der Waals surface area contributed by atoms with Gasteiger partial charge in [-0.1, -0.05) is 0 Å². The Hall–Kier alpha value is -2.22. The van der Waals surface area contributed by atoms with Crippen LogP contribution in [0, 0.1) is 0 Å². The fourth-order valence-corrected chi connectivity index (χ4v) is 2.49. The second-order valence-electron chi connectivity index (χ2n) is 5.03. The number of nitrogens with zero attached hydrogens (tertiary/aromatic N) is 3. The van der Waals surface area contributed by atoms with E-state index in [0.29, 0.717) is 32.3 Å². The number of benzene rings is 1. The summed E-state index contributed by atoms with van der Waals surface area (Å²) in [5, 5.41) is 7.22. The van der Waals surface area contributed by atoms with Crippen molar-refractivity contribution in [1.29, 1.82) is 0 Å². The van der Waals surface area contributed by atoms with Gasteiger partial charge in [0.2, 0.25) is 0 Å². The Morgan fingerprint density at radius 2 is 2.17 bits per heavy atom. The first-order chi connectivity index (χ1) is 11.2. The Morgan fingerprint density at radius 1 is 1.35 bits per heavy atom. The first-order valence-corrected chi connectivity index (χ1v) is 8.14. The maximum absolute atomic E-state index is 5.91. The smallest absolute Gasteiger partial charge is 0.193 e. The topological polar surface area (TPSA) is 86.7 Å². The number of aliphatic imine (C=N–C) groups is 1. The zero-order valence-corrected chi connectivity index (χ0v) is 14.1. The average Bonchev–Trinajstić information content (AvgIpc) is 2.81. The number of fused-ring (bicyclic) bond motifs is 1. The highest BCUT2D eigenvalue weighted by atomic mass is 79.9. The van der Waals surface area contributed by atoms with Gasteiger partial charge >= 0.3 is 0 Å². The highest BCUT2D eigenvalue weighted by Crippen LogP contribution is 2.32. The molecule has 1 aromatic heterocycles. The van der Waals surface area contributed by atoms with Crippen LogP contribution in [0.2, 0.25) is 0 Å². The molecule has 1 aliphatic rings. The lowest BCUT2D eigenvalue weighted by Gasteiger charge is -2.10. The summed E-state index contributed by atoms with van der Waals surface area (Å²) in [5.74, 6) is 1.83. The van der Waals surface area contributed by atoms with Crippen molar-refractivity contribution in [3.05, 3.63) is 35.1 Å². The lowest BCUT2D eigenvalue weighted by Crippen LogP contribution is -2.23. The minimum Gasteiger partial charge on any atom is -0.490 e. The van der Waals surface area contributed by atoms with Gasteiger partial charge in [0.25, 0.3) is 0 Å². The van der Waals surface area contributed by atoms with Crippen molar-refractivity contribution in [1.82, 2.24) is 9.78 Å².